The Morgan fingerprint density at radius 1 is 0.750 bits per heavy atom. The molecular weight excluding hydrogens is 342 g/mol. The fourth-order valence-electron chi connectivity index (χ4n) is 4.01. The molecule has 0 unspecified atom stereocenters. The molecule has 1 heterocycles. The van der Waals surface area contributed by atoms with Gasteiger partial charge in [0.2, 0.25) is 0 Å². The minimum absolute atomic E-state index is 0.0623. The molecule has 0 aliphatic heterocycles. The van der Waals surface area contributed by atoms with E-state index < -0.39 is 0 Å². The van der Waals surface area contributed by atoms with Crippen molar-refractivity contribution in [2.24, 2.45) is 0 Å². The van der Waals surface area contributed by atoms with Crippen LogP contribution in [0.1, 0.15) is 27.8 Å². The van der Waals surface area contributed by atoms with E-state index in [0.717, 1.165) is 22.0 Å². The number of hydrogen-bond acceptors (Lipinski definition) is 1. The first-order valence-corrected chi connectivity index (χ1v) is 9.70. The Morgan fingerprint density at radius 2 is 1.46 bits per heavy atom. The van der Waals surface area contributed by atoms with Gasteiger partial charge in [-0.3, -0.25) is 4.79 Å². The number of pyridine rings is 1. The lowest BCUT2D eigenvalue weighted by Gasteiger charge is -2.17. The number of hydrogen-bond donors (Lipinski definition) is 0. The van der Waals surface area contributed by atoms with Crippen LogP contribution in [0.2, 0.25) is 0 Å². The third-order valence-corrected chi connectivity index (χ3v) is 5.36. The Labute approximate surface area is 166 Å². The highest BCUT2D eigenvalue weighted by molar-refractivity contribution is 5.85. The molecule has 2 heteroatoms. The van der Waals surface area contributed by atoms with Crippen LogP contribution in [0.5, 0.6) is 0 Å². The van der Waals surface area contributed by atoms with Gasteiger partial charge in [0.05, 0.1) is 12.2 Å². The first-order chi connectivity index (χ1) is 13.4. The summed E-state index contributed by atoms with van der Waals surface area (Å²) < 4.78 is 1.92. The van der Waals surface area contributed by atoms with Crippen LogP contribution in [0.25, 0.3) is 22.0 Å². The number of rotatable bonds is 3. The highest BCUT2D eigenvalue weighted by Gasteiger charge is 2.13. The molecule has 2 nitrogen and oxygen atoms in total. The number of benzene rings is 3. The molecule has 28 heavy (non-hydrogen) atoms. The summed E-state index contributed by atoms with van der Waals surface area (Å²) in [7, 11) is 0. The lowest BCUT2D eigenvalue weighted by Crippen LogP contribution is -2.23. The van der Waals surface area contributed by atoms with Gasteiger partial charge < -0.3 is 4.57 Å². The van der Waals surface area contributed by atoms with Crippen LogP contribution >= 0.6 is 0 Å². The molecule has 0 N–H and O–H groups in total. The predicted molar refractivity (Wildman–Crippen MR) is 118 cm³/mol. The van der Waals surface area contributed by atoms with E-state index in [2.05, 4.69) is 70.2 Å². The van der Waals surface area contributed by atoms with Crippen LogP contribution in [0.15, 0.2) is 71.5 Å². The summed E-state index contributed by atoms with van der Waals surface area (Å²) in [5, 5.41) is 1.75. The lowest BCUT2D eigenvalue weighted by molar-refractivity contribution is 0.772. The van der Waals surface area contributed by atoms with Crippen molar-refractivity contribution < 1.29 is 0 Å². The molecule has 0 amide bonds. The monoisotopic (exact) mass is 367 g/mol. The van der Waals surface area contributed by atoms with Crippen molar-refractivity contribution in [3.63, 3.8) is 0 Å². The minimum Gasteiger partial charge on any atom is -0.303 e. The molecule has 0 atom stereocenters. The molecule has 0 aliphatic carbocycles. The summed E-state index contributed by atoms with van der Waals surface area (Å²) in [6, 6.07) is 22.9. The summed E-state index contributed by atoms with van der Waals surface area (Å²) in [5.74, 6) is 0. The average Bonchev–Trinajstić information content (AvgIpc) is 2.65. The fourth-order valence-corrected chi connectivity index (χ4v) is 4.01. The van der Waals surface area contributed by atoms with Crippen LogP contribution in [0.4, 0.5) is 0 Å². The highest BCUT2D eigenvalue weighted by Crippen LogP contribution is 2.26. The molecule has 0 bridgehead atoms. The largest absolute Gasteiger partial charge is 0.303 e. The van der Waals surface area contributed by atoms with Crippen LogP contribution in [-0.4, -0.2) is 4.57 Å². The van der Waals surface area contributed by atoms with Gasteiger partial charge in [0.25, 0.3) is 5.56 Å². The third kappa shape index (κ3) is 3.38. The zero-order valence-electron chi connectivity index (χ0n) is 16.9. The summed E-state index contributed by atoms with van der Waals surface area (Å²) in [5.41, 5.74) is 8.15. The van der Waals surface area contributed by atoms with Gasteiger partial charge in [-0.1, -0.05) is 59.2 Å². The molecule has 4 rings (SSSR count). The third-order valence-electron chi connectivity index (χ3n) is 5.36. The summed E-state index contributed by atoms with van der Waals surface area (Å²) >= 11 is 0. The molecule has 0 aliphatic rings. The smallest absolute Gasteiger partial charge is 0.259 e. The normalized spacial score (nSPS) is 11.1. The Bertz CT molecular complexity index is 1230. The maximum absolute atomic E-state index is 13.4. The second-order valence-electron chi connectivity index (χ2n) is 7.81. The fraction of sp³-hybridized carbons (Fsp3) is 0.192. The van der Waals surface area contributed by atoms with Crippen molar-refractivity contribution in [3.05, 3.63) is 105 Å². The van der Waals surface area contributed by atoms with Gasteiger partial charge in [-0.2, -0.15) is 0 Å². The van der Waals surface area contributed by atoms with Gasteiger partial charge in [-0.05, 0) is 74.0 Å². The maximum atomic E-state index is 13.4. The summed E-state index contributed by atoms with van der Waals surface area (Å²) in [4.78, 5) is 13.4. The quantitative estimate of drug-likeness (QED) is 0.438. The highest BCUT2D eigenvalue weighted by atomic mass is 16.1. The Morgan fingerprint density at radius 3 is 2.18 bits per heavy atom. The summed E-state index contributed by atoms with van der Waals surface area (Å²) in [6.45, 7) is 8.98. The van der Waals surface area contributed by atoms with Gasteiger partial charge in [0.15, 0.2) is 0 Å². The summed E-state index contributed by atoms with van der Waals surface area (Å²) in [6.07, 6.45) is 0. The zero-order chi connectivity index (χ0) is 19.8. The number of aryl methyl sites for hydroxylation is 4. The van der Waals surface area contributed by atoms with E-state index in [1.165, 1.54) is 27.8 Å². The van der Waals surface area contributed by atoms with E-state index >= 15 is 0 Å². The Hall–Kier alpha value is -3.13. The van der Waals surface area contributed by atoms with Crippen molar-refractivity contribution in [1.82, 2.24) is 4.57 Å². The van der Waals surface area contributed by atoms with E-state index in [9.17, 15) is 4.79 Å². The first kappa shape index (κ1) is 18.2. The molecular formula is C26H25NO. The molecule has 140 valence electrons. The van der Waals surface area contributed by atoms with E-state index in [0.29, 0.717) is 6.54 Å². The standard InChI is InChI=1S/C26H25NO/c1-17-9-10-22(20(4)12-17)16-27-25(23-13-18(2)11-19(3)14-23)15-21-7-5-6-8-24(21)26(27)28/h5-15H,16H2,1-4H3. The van der Waals surface area contributed by atoms with Crippen molar-refractivity contribution in [1.29, 1.82) is 0 Å². The maximum Gasteiger partial charge on any atom is 0.259 e. The molecule has 0 spiro atoms. The van der Waals surface area contributed by atoms with Crippen LogP contribution in [0.3, 0.4) is 0 Å². The molecule has 1 aromatic heterocycles. The van der Waals surface area contributed by atoms with Crippen molar-refractivity contribution >= 4 is 10.8 Å². The SMILES string of the molecule is Cc1cc(C)cc(-c2cc3ccccc3c(=O)n2Cc2ccc(C)cc2C)c1. The zero-order valence-corrected chi connectivity index (χ0v) is 16.9. The topological polar surface area (TPSA) is 22.0 Å². The number of fused-ring (bicyclic) bond motifs is 1. The van der Waals surface area contributed by atoms with Crippen LogP contribution in [0, 0.1) is 27.7 Å². The minimum atomic E-state index is 0.0623. The molecule has 3 aromatic carbocycles. The average molecular weight is 367 g/mol. The van der Waals surface area contributed by atoms with E-state index in [4.69, 9.17) is 0 Å². The predicted octanol–water partition coefficient (Wildman–Crippen LogP) is 5.95. The van der Waals surface area contributed by atoms with Gasteiger partial charge in [-0.25, -0.2) is 0 Å². The number of aromatic nitrogens is 1. The van der Waals surface area contributed by atoms with Crippen molar-refractivity contribution in [3.8, 4) is 11.3 Å². The molecule has 0 saturated carbocycles. The van der Waals surface area contributed by atoms with Gasteiger partial charge in [0.1, 0.15) is 0 Å². The van der Waals surface area contributed by atoms with E-state index in [1.807, 2.05) is 28.8 Å². The molecule has 4 aromatic rings. The van der Waals surface area contributed by atoms with Gasteiger partial charge in [0, 0.05) is 5.39 Å². The van der Waals surface area contributed by atoms with Crippen LogP contribution in [-0.2, 0) is 6.54 Å². The molecule has 0 fully saturated rings. The first-order valence-electron chi connectivity index (χ1n) is 9.70. The Kier molecular flexibility index (Phi) is 4.64. The second-order valence-corrected chi connectivity index (χ2v) is 7.81. The molecule has 0 radical (unpaired) electrons. The van der Waals surface area contributed by atoms with Gasteiger partial charge in [-0.15, -0.1) is 0 Å². The van der Waals surface area contributed by atoms with E-state index in [1.54, 1.807) is 0 Å². The lowest BCUT2D eigenvalue weighted by atomic mass is 10.0. The van der Waals surface area contributed by atoms with Crippen molar-refractivity contribution in [2.45, 2.75) is 34.2 Å². The molecule has 0 saturated heterocycles. The Balaban J connectivity index is 1.99. The number of nitrogens with zero attached hydrogens (tertiary/aromatic N) is 1. The van der Waals surface area contributed by atoms with Gasteiger partial charge >= 0.3 is 0 Å². The van der Waals surface area contributed by atoms with E-state index in [-0.39, 0.29) is 5.56 Å². The van der Waals surface area contributed by atoms with Crippen LogP contribution < -0.4 is 5.56 Å². The second kappa shape index (κ2) is 7.12. The van der Waals surface area contributed by atoms with Crippen molar-refractivity contribution in [2.75, 3.05) is 0 Å².